The van der Waals surface area contributed by atoms with Crippen LogP contribution in [0, 0.1) is 5.82 Å². The van der Waals surface area contributed by atoms with Crippen LogP contribution in [-0.2, 0) is 14.8 Å². The first-order chi connectivity index (χ1) is 15.7. The summed E-state index contributed by atoms with van der Waals surface area (Å²) in [7, 11) is -2.65. The number of benzene rings is 2. The smallest absolute Gasteiger partial charge is 0.241 e. The highest BCUT2D eigenvalue weighted by Crippen LogP contribution is 2.32. The van der Waals surface area contributed by atoms with Gasteiger partial charge in [0.1, 0.15) is 19.3 Å². The number of rotatable bonds is 10. The molecule has 0 saturated carbocycles. The summed E-state index contributed by atoms with van der Waals surface area (Å²) in [5.41, 5.74) is 0.528. The largest absolute Gasteiger partial charge is 0.494 e. The van der Waals surface area contributed by atoms with Gasteiger partial charge in [0, 0.05) is 6.07 Å². The van der Waals surface area contributed by atoms with Gasteiger partial charge in [0.15, 0.2) is 23.1 Å². The summed E-state index contributed by atoms with van der Waals surface area (Å²) in [5, 5.41) is 2.77. The predicted octanol–water partition coefficient (Wildman–Crippen LogP) is 2.88. The highest BCUT2D eigenvalue weighted by Gasteiger charge is 2.28. The number of sulfonamides is 1. The minimum absolute atomic E-state index is 0.0287. The summed E-state index contributed by atoms with van der Waals surface area (Å²) in [5.74, 6) is 0.417. The number of halogens is 1. The average Bonchev–Trinajstić information content (AvgIpc) is 2.81. The van der Waals surface area contributed by atoms with Crippen molar-refractivity contribution in [1.29, 1.82) is 0 Å². The zero-order valence-corrected chi connectivity index (χ0v) is 20.2. The Balaban J connectivity index is 1.75. The number of amides is 1. The van der Waals surface area contributed by atoms with Crippen LogP contribution in [0.4, 0.5) is 4.39 Å². The van der Waals surface area contributed by atoms with Crippen molar-refractivity contribution in [2.75, 3.05) is 32.3 Å². The number of nitrogens with one attached hydrogen (secondary N) is 2. The van der Waals surface area contributed by atoms with E-state index < -0.39 is 33.8 Å². The van der Waals surface area contributed by atoms with E-state index in [4.69, 9.17) is 14.2 Å². The van der Waals surface area contributed by atoms with Crippen molar-refractivity contribution in [3.63, 3.8) is 0 Å². The molecule has 0 aromatic heterocycles. The zero-order chi connectivity index (χ0) is 24.0. The number of carbonyl (C=O) groups excluding carboxylic acids is 1. The number of fused-ring (bicyclic) bond motifs is 1. The lowest BCUT2D eigenvalue weighted by Gasteiger charge is -2.22. The summed E-state index contributed by atoms with van der Waals surface area (Å²) < 4.78 is 58.4. The van der Waals surface area contributed by atoms with Gasteiger partial charge in [0.2, 0.25) is 15.9 Å². The standard InChI is InChI=1S/C22H27FN2O6S2/c1-14(15-4-6-19(29-2)17(23)12-15)24-22(26)18(8-11-32-3)25-33(27,28)16-5-7-20-21(13-16)31-10-9-30-20/h4-7,12-14,18,25H,8-11H2,1-3H3,(H,24,26). The number of thioether (sulfide) groups is 1. The normalized spacial score (nSPS) is 14.9. The average molecular weight is 499 g/mol. The molecule has 1 aliphatic rings. The molecule has 33 heavy (non-hydrogen) atoms. The molecular weight excluding hydrogens is 471 g/mol. The minimum atomic E-state index is -4.02. The van der Waals surface area contributed by atoms with Gasteiger partial charge in [-0.2, -0.15) is 16.5 Å². The van der Waals surface area contributed by atoms with Gasteiger partial charge in [-0.3, -0.25) is 4.79 Å². The van der Waals surface area contributed by atoms with Gasteiger partial charge in [-0.15, -0.1) is 0 Å². The summed E-state index contributed by atoms with van der Waals surface area (Å²) in [6.45, 7) is 2.41. The first-order valence-electron chi connectivity index (χ1n) is 10.3. The van der Waals surface area contributed by atoms with Crippen molar-refractivity contribution >= 4 is 27.7 Å². The fraction of sp³-hybridized carbons (Fsp3) is 0.409. The Morgan fingerprint density at radius 3 is 2.58 bits per heavy atom. The van der Waals surface area contributed by atoms with Gasteiger partial charge >= 0.3 is 0 Å². The lowest BCUT2D eigenvalue weighted by molar-refractivity contribution is -0.123. The van der Waals surface area contributed by atoms with E-state index in [1.54, 1.807) is 13.0 Å². The fourth-order valence-electron chi connectivity index (χ4n) is 3.27. The van der Waals surface area contributed by atoms with Crippen LogP contribution in [0.1, 0.15) is 24.9 Å². The molecule has 0 fully saturated rings. The van der Waals surface area contributed by atoms with Crippen molar-refractivity contribution in [1.82, 2.24) is 10.0 Å². The third-order valence-corrected chi connectivity index (χ3v) is 7.20. The Morgan fingerprint density at radius 2 is 1.91 bits per heavy atom. The number of hydrogen-bond acceptors (Lipinski definition) is 7. The number of carbonyl (C=O) groups is 1. The van der Waals surface area contributed by atoms with Crippen molar-refractivity contribution in [3.05, 3.63) is 47.8 Å². The molecule has 8 nitrogen and oxygen atoms in total. The van der Waals surface area contributed by atoms with E-state index in [1.807, 2.05) is 6.26 Å². The Kier molecular flexibility index (Phi) is 8.44. The quantitative estimate of drug-likeness (QED) is 0.519. The van der Waals surface area contributed by atoms with Crippen LogP contribution in [0.25, 0.3) is 0 Å². The third kappa shape index (κ3) is 6.30. The van der Waals surface area contributed by atoms with E-state index in [2.05, 4.69) is 10.0 Å². The molecule has 0 radical (unpaired) electrons. The van der Waals surface area contributed by atoms with Crippen LogP contribution in [0.5, 0.6) is 17.2 Å². The molecular formula is C22H27FN2O6S2. The Bertz CT molecular complexity index is 1100. The number of methoxy groups -OCH3 is 1. The molecule has 2 N–H and O–H groups in total. The third-order valence-electron chi connectivity index (χ3n) is 5.08. The Morgan fingerprint density at radius 1 is 1.18 bits per heavy atom. The van der Waals surface area contributed by atoms with Gasteiger partial charge in [0.05, 0.1) is 18.0 Å². The van der Waals surface area contributed by atoms with Gasteiger partial charge in [-0.1, -0.05) is 6.07 Å². The minimum Gasteiger partial charge on any atom is -0.494 e. The molecule has 0 saturated heterocycles. The lowest BCUT2D eigenvalue weighted by atomic mass is 10.1. The van der Waals surface area contributed by atoms with Crippen LogP contribution in [0.2, 0.25) is 0 Å². The molecule has 1 aliphatic heterocycles. The maximum absolute atomic E-state index is 14.1. The summed E-state index contributed by atoms with van der Waals surface area (Å²) in [6.07, 6.45) is 2.15. The second kappa shape index (κ2) is 11.1. The van der Waals surface area contributed by atoms with Gasteiger partial charge in [-0.25, -0.2) is 12.8 Å². The van der Waals surface area contributed by atoms with Gasteiger partial charge in [-0.05, 0) is 55.2 Å². The molecule has 2 aromatic rings. The van der Waals surface area contributed by atoms with Crippen molar-refractivity contribution in [3.8, 4) is 17.2 Å². The first-order valence-corrected chi connectivity index (χ1v) is 13.2. The molecule has 2 atom stereocenters. The predicted molar refractivity (Wildman–Crippen MR) is 124 cm³/mol. The summed E-state index contributed by atoms with van der Waals surface area (Å²) in [4.78, 5) is 12.9. The van der Waals surface area contributed by atoms with Crippen LogP contribution in [0.3, 0.4) is 0 Å². The van der Waals surface area contributed by atoms with E-state index in [0.717, 1.165) is 0 Å². The second-order valence-electron chi connectivity index (χ2n) is 7.39. The van der Waals surface area contributed by atoms with E-state index in [1.165, 1.54) is 49.2 Å². The van der Waals surface area contributed by atoms with E-state index >= 15 is 0 Å². The molecule has 1 amide bonds. The van der Waals surface area contributed by atoms with Crippen LogP contribution >= 0.6 is 11.8 Å². The van der Waals surface area contributed by atoms with Crippen LogP contribution in [-0.4, -0.2) is 52.7 Å². The van der Waals surface area contributed by atoms with Gasteiger partial charge in [0.25, 0.3) is 0 Å². The van der Waals surface area contributed by atoms with Crippen LogP contribution < -0.4 is 24.2 Å². The molecule has 0 bridgehead atoms. The highest BCUT2D eigenvalue weighted by atomic mass is 32.2. The second-order valence-corrected chi connectivity index (χ2v) is 10.1. The Labute approximate surface area is 197 Å². The first kappa shape index (κ1) is 25.1. The molecule has 180 valence electrons. The Hall–Kier alpha value is -2.50. The number of ether oxygens (including phenoxy) is 3. The van der Waals surface area contributed by atoms with Crippen LogP contribution in [0.15, 0.2) is 41.3 Å². The molecule has 0 aliphatic carbocycles. The van der Waals surface area contributed by atoms with Crippen molar-refractivity contribution in [2.45, 2.75) is 30.3 Å². The monoisotopic (exact) mass is 498 g/mol. The molecule has 1 heterocycles. The van der Waals surface area contributed by atoms with Crippen molar-refractivity contribution < 1.29 is 31.8 Å². The highest BCUT2D eigenvalue weighted by molar-refractivity contribution is 7.98. The molecule has 2 aromatic carbocycles. The fourth-order valence-corrected chi connectivity index (χ4v) is 4.99. The molecule has 11 heteroatoms. The van der Waals surface area contributed by atoms with E-state index in [0.29, 0.717) is 36.0 Å². The van der Waals surface area contributed by atoms with E-state index in [-0.39, 0.29) is 17.1 Å². The zero-order valence-electron chi connectivity index (χ0n) is 18.6. The SMILES string of the molecule is COc1ccc(C(C)NC(=O)C(CCSC)NS(=O)(=O)c2ccc3c(c2)OCCO3)cc1F. The lowest BCUT2D eigenvalue weighted by Crippen LogP contribution is -2.47. The van der Waals surface area contributed by atoms with E-state index in [9.17, 15) is 17.6 Å². The number of hydrogen-bond donors (Lipinski definition) is 2. The topological polar surface area (TPSA) is 103 Å². The maximum Gasteiger partial charge on any atom is 0.241 e. The molecule has 0 spiro atoms. The van der Waals surface area contributed by atoms with Crippen molar-refractivity contribution in [2.24, 2.45) is 0 Å². The van der Waals surface area contributed by atoms with Gasteiger partial charge < -0.3 is 19.5 Å². The maximum atomic E-state index is 14.1. The summed E-state index contributed by atoms with van der Waals surface area (Å²) >= 11 is 1.49. The molecule has 2 unspecified atom stereocenters. The summed E-state index contributed by atoms with van der Waals surface area (Å²) in [6, 6.07) is 7.15. The molecule has 3 rings (SSSR count).